The Hall–Kier alpha value is -1.38. The Morgan fingerprint density at radius 3 is 1.90 bits per heavy atom. The lowest BCUT2D eigenvalue weighted by molar-refractivity contribution is -0.00637. The number of phenolic OH excluding ortho intramolecular Hbond substituents is 3. The quantitative estimate of drug-likeness (QED) is 0.542. The van der Waals surface area contributed by atoms with Crippen LogP contribution in [0.5, 0.6) is 17.2 Å². The van der Waals surface area contributed by atoms with E-state index < -0.39 is 0 Å². The zero-order chi connectivity index (χ0) is 14.1. The zero-order valence-electron chi connectivity index (χ0n) is 11.9. The predicted octanol–water partition coefficient (Wildman–Crippen LogP) is 3.58. The fourth-order valence-corrected chi connectivity index (χ4v) is 5.58. The van der Waals surface area contributed by atoms with Crippen LogP contribution in [0.1, 0.15) is 49.7 Å². The lowest BCUT2D eigenvalue weighted by Gasteiger charge is -2.57. The van der Waals surface area contributed by atoms with Gasteiger partial charge >= 0.3 is 0 Å². The Labute approximate surface area is 119 Å². The lowest BCUT2D eigenvalue weighted by atomic mass is 9.48. The molecule has 5 rings (SSSR count). The second-order valence-corrected chi connectivity index (χ2v) is 7.46. The molecule has 0 amide bonds. The van der Waals surface area contributed by atoms with Gasteiger partial charge in [0.15, 0.2) is 11.5 Å². The second kappa shape index (κ2) is 3.84. The number of benzene rings is 1. The highest BCUT2D eigenvalue weighted by Crippen LogP contribution is 2.63. The van der Waals surface area contributed by atoms with E-state index in [0.29, 0.717) is 5.56 Å². The van der Waals surface area contributed by atoms with Gasteiger partial charge in [0.25, 0.3) is 0 Å². The Morgan fingerprint density at radius 1 is 0.900 bits per heavy atom. The van der Waals surface area contributed by atoms with E-state index in [9.17, 15) is 15.3 Å². The van der Waals surface area contributed by atoms with E-state index in [1.54, 1.807) is 13.0 Å². The van der Waals surface area contributed by atoms with Crippen molar-refractivity contribution in [3.8, 4) is 17.2 Å². The normalized spacial score (nSPS) is 38.4. The molecule has 0 atom stereocenters. The third-order valence-corrected chi connectivity index (χ3v) is 6.11. The molecule has 0 spiro atoms. The van der Waals surface area contributed by atoms with Gasteiger partial charge in [-0.25, -0.2) is 0 Å². The number of phenols is 3. The summed E-state index contributed by atoms with van der Waals surface area (Å²) in [5, 5.41) is 30.5. The van der Waals surface area contributed by atoms with Crippen LogP contribution in [0, 0.1) is 24.7 Å². The van der Waals surface area contributed by atoms with Crippen LogP contribution in [0.3, 0.4) is 0 Å². The van der Waals surface area contributed by atoms with Gasteiger partial charge in [0, 0.05) is 16.5 Å². The molecule has 4 aliphatic carbocycles. The van der Waals surface area contributed by atoms with E-state index in [4.69, 9.17) is 0 Å². The molecule has 108 valence electrons. The molecule has 4 bridgehead atoms. The number of hydrogen-bond donors (Lipinski definition) is 3. The molecular formula is C17H22O3. The van der Waals surface area contributed by atoms with Gasteiger partial charge in [-0.15, -0.1) is 0 Å². The molecule has 1 aromatic carbocycles. The minimum Gasteiger partial charge on any atom is -0.508 e. The first-order valence-electron chi connectivity index (χ1n) is 7.73. The van der Waals surface area contributed by atoms with Gasteiger partial charge in [-0.1, -0.05) is 0 Å². The summed E-state index contributed by atoms with van der Waals surface area (Å²) in [6.07, 6.45) is 7.33. The van der Waals surface area contributed by atoms with Crippen molar-refractivity contribution < 1.29 is 15.3 Å². The first-order chi connectivity index (χ1) is 9.48. The molecule has 4 fully saturated rings. The Kier molecular flexibility index (Phi) is 2.37. The third kappa shape index (κ3) is 1.52. The minimum absolute atomic E-state index is 0.00208. The average molecular weight is 274 g/mol. The second-order valence-electron chi connectivity index (χ2n) is 7.46. The molecular weight excluding hydrogens is 252 g/mol. The molecule has 4 aliphatic rings. The van der Waals surface area contributed by atoms with Crippen molar-refractivity contribution in [3.05, 3.63) is 17.2 Å². The lowest BCUT2D eigenvalue weighted by Crippen LogP contribution is -2.48. The highest BCUT2D eigenvalue weighted by Gasteiger charge is 2.52. The van der Waals surface area contributed by atoms with Crippen LogP contribution in [0.2, 0.25) is 0 Å². The van der Waals surface area contributed by atoms with Crippen LogP contribution in [0.25, 0.3) is 0 Å². The Bertz CT molecular complexity index is 541. The van der Waals surface area contributed by atoms with Crippen molar-refractivity contribution in [2.45, 2.75) is 50.9 Å². The fourth-order valence-electron chi connectivity index (χ4n) is 5.58. The highest BCUT2D eigenvalue weighted by atomic mass is 16.3. The van der Waals surface area contributed by atoms with Crippen LogP contribution in [-0.2, 0) is 5.41 Å². The van der Waals surface area contributed by atoms with Gasteiger partial charge < -0.3 is 15.3 Å². The minimum atomic E-state index is -0.143. The van der Waals surface area contributed by atoms with Crippen LogP contribution < -0.4 is 0 Å². The zero-order valence-corrected chi connectivity index (χ0v) is 11.9. The third-order valence-electron chi connectivity index (χ3n) is 6.11. The van der Waals surface area contributed by atoms with E-state index in [2.05, 4.69) is 0 Å². The monoisotopic (exact) mass is 274 g/mol. The number of rotatable bonds is 1. The smallest absolute Gasteiger partial charge is 0.164 e. The van der Waals surface area contributed by atoms with Gasteiger partial charge in [0.2, 0.25) is 0 Å². The summed E-state index contributed by atoms with van der Waals surface area (Å²) in [6, 6.07) is 1.71. The van der Waals surface area contributed by atoms with Gasteiger partial charge in [-0.2, -0.15) is 0 Å². The van der Waals surface area contributed by atoms with E-state index in [0.717, 1.165) is 42.6 Å². The Morgan fingerprint density at radius 2 is 1.40 bits per heavy atom. The van der Waals surface area contributed by atoms with Gasteiger partial charge in [0.1, 0.15) is 5.75 Å². The first kappa shape index (κ1) is 12.4. The topological polar surface area (TPSA) is 60.7 Å². The maximum atomic E-state index is 10.4. The number of aromatic hydroxyl groups is 3. The highest BCUT2D eigenvalue weighted by molar-refractivity contribution is 5.58. The molecule has 3 N–H and O–H groups in total. The van der Waals surface area contributed by atoms with Crippen molar-refractivity contribution in [2.75, 3.05) is 0 Å². The van der Waals surface area contributed by atoms with Crippen molar-refractivity contribution in [2.24, 2.45) is 17.8 Å². The summed E-state index contributed by atoms with van der Waals surface area (Å²) in [6.45, 7) is 1.63. The van der Waals surface area contributed by atoms with Crippen molar-refractivity contribution in [1.29, 1.82) is 0 Å². The van der Waals surface area contributed by atoms with E-state index in [-0.39, 0.29) is 22.7 Å². The molecule has 1 aromatic rings. The Balaban J connectivity index is 1.85. The predicted molar refractivity (Wildman–Crippen MR) is 76.0 cm³/mol. The summed E-state index contributed by atoms with van der Waals surface area (Å²) in [5.41, 5.74) is 1.15. The summed E-state index contributed by atoms with van der Waals surface area (Å²) in [5.74, 6) is 2.27. The van der Waals surface area contributed by atoms with E-state index >= 15 is 0 Å². The van der Waals surface area contributed by atoms with E-state index in [1.165, 1.54) is 19.3 Å². The van der Waals surface area contributed by atoms with Gasteiger partial charge in [-0.05, 0) is 69.3 Å². The van der Waals surface area contributed by atoms with Crippen LogP contribution in [0.4, 0.5) is 0 Å². The maximum absolute atomic E-state index is 10.4. The average Bonchev–Trinajstić information content (AvgIpc) is 2.39. The SMILES string of the molecule is Cc1c(O)cc(C23CC4CC(CC(C4)C2)C3)c(O)c1O. The summed E-state index contributed by atoms with van der Waals surface area (Å²) < 4.78 is 0. The number of hydrogen-bond acceptors (Lipinski definition) is 3. The molecule has 0 radical (unpaired) electrons. The molecule has 0 aromatic heterocycles. The van der Waals surface area contributed by atoms with Crippen LogP contribution in [0.15, 0.2) is 6.07 Å². The molecule has 4 saturated carbocycles. The largest absolute Gasteiger partial charge is 0.508 e. The molecule has 0 saturated heterocycles. The summed E-state index contributed by atoms with van der Waals surface area (Å²) >= 11 is 0. The first-order valence-corrected chi connectivity index (χ1v) is 7.73. The summed E-state index contributed by atoms with van der Waals surface area (Å²) in [4.78, 5) is 0. The van der Waals surface area contributed by atoms with Crippen LogP contribution >= 0.6 is 0 Å². The van der Waals surface area contributed by atoms with E-state index in [1.807, 2.05) is 0 Å². The maximum Gasteiger partial charge on any atom is 0.164 e. The van der Waals surface area contributed by atoms with Crippen molar-refractivity contribution in [1.82, 2.24) is 0 Å². The molecule has 20 heavy (non-hydrogen) atoms. The molecule has 3 heteroatoms. The summed E-state index contributed by atoms with van der Waals surface area (Å²) in [7, 11) is 0. The van der Waals surface area contributed by atoms with Crippen molar-refractivity contribution in [3.63, 3.8) is 0 Å². The molecule has 0 aliphatic heterocycles. The molecule has 0 heterocycles. The molecule has 0 unspecified atom stereocenters. The van der Waals surface area contributed by atoms with Crippen molar-refractivity contribution >= 4 is 0 Å². The van der Waals surface area contributed by atoms with Gasteiger partial charge in [-0.3, -0.25) is 0 Å². The fraction of sp³-hybridized carbons (Fsp3) is 0.647. The van der Waals surface area contributed by atoms with Gasteiger partial charge in [0.05, 0.1) is 0 Å². The molecule has 3 nitrogen and oxygen atoms in total. The van der Waals surface area contributed by atoms with Crippen LogP contribution in [-0.4, -0.2) is 15.3 Å². The standard InChI is InChI=1S/C17H22O3/c1-9-14(18)5-13(16(20)15(9)19)17-6-10-2-11(7-17)4-12(3-10)8-17/h5,10-12,18-20H,2-4,6-8H2,1H3.